The number of benzene rings is 3. The molecule has 0 N–H and O–H groups in total. The van der Waals surface area contributed by atoms with E-state index in [4.69, 9.17) is 5.63 Å². The molecule has 0 radical (unpaired) electrons. The molecule has 170 valence electrons. The van der Waals surface area contributed by atoms with Crippen molar-refractivity contribution in [3.8, 4) is 11.3 Å². The van der Waals surface area contributed by atoms with Gasteiger partial charge in [0.15, 0.2) is 0 Å². The van der Waals surface area contributed by atoms with E-state index in [-0.39, 0.29) is 5.41 Å². The molecular formula is C29H33BiNO2+. The van der Waals surface area contributed by atoms with Crippen molar-refractivity contribution in [1.82, 2.24) is 0 Å². The van der Waals surface area contributed by atoms with Gasteiger partial charge in [-0.25, -0.2) is 0 Å². The van der Waals surface area contributed by atoms with E-state index in [9.17, 15) is 0 Å². The first-order chi connectivity index (χ1) is 15.7. The van der Waals surface area contributed by atoms with Crippen molar-refractivity contribution in [3.05, 3.63) is 70.8 Å². The van der Waals surface area contributed by atoms with Crippen molar-refractivity contribution >= 4 is 47.6 Å². The third kappa shape index (κ3) is 3.91. The normalized spacial score (nSPS) is 15.1. The first-order valence-corrected chi connectivity index (χ1v) is 16.3. The molecule has 1 aliphatic heterocycles. The Kier molecular flexibility index (Phi) is 5.84. The number of hydrogen-bond donors (Lipinski definition) is 0. The minimum atomic E-state index is -2.68. The van der Waals surface area contributed by atoms with Crippen molar-refractivity contribution in [1.29, 1.82) is 0 Å². The Balaban J connectivity index is 1.90. The summed E-state index contributed by atoms with van der Waals surface area (Å²) < 4.78 is 16.1. The van der Waals surface area contributed by atoms with E-state index in [2.05, 4.69) is 102 Å². The van der Waals surface area contributed by atoms with Crippen molar-refractivity contribution in [2.24, 2.45) is 7.05 Å². The molecule has 0 spiro atoms. The van der Waals surface area contributed by atoms with Crippen LogP contribution in [0.15, 0.2) is 48.5 Å². The summed E-state index contributed by atoms with van der Waals surface area (Å²) in [7, 11) is 2.21. The van der Waals surface area contributed by atoms with Gasteiger partial charge in [0, 0.05) is 0 Å². The number of nitrogens with zero attached hydrogens (tertiary/aromatic N) is 1. The maximum absolute atomic E-state index is 6.21. The topological polar surface area (TPSA) is 22.3 Å². The summed E-state index contributed by atoms with van der Waals surface area (Å²) in [5.41, 5.74) is 9.15. The van der Waals surface area contributed by atoms with Gasteiger partial charge in [0.25, 0.3) is 0 Å². The standard InChI is InChI=1S/C27H29N.C2H4O2.Bi/c1-17-14-18(2)20-12-13-25(28(7)26(20)15-17)23-16-24(27(4,5)6)22-11-9-8-10-21(22)19(23)3;3-1-2-4;/h8-11,13-16H,1-7H3;1-2H2;/q+1;-2;+2. The predicted octanol–water partition coefficient (Wildman–Crippen LogP) is 5.45. The van der Waals surface area contributed by atoms with Gasteiger partial charge < -0.3 is 0 Å². The van der Waals surface area contributed by atoms with Crippen molar-refractivity contribution in [2.45, 2.75) is 47.0 Å². The molecule has 3 aromatic carbocycles. The molecule has 0 amide bonds. The summed E-state index contributed by atoms with van der Waals surface area (Å²) in [5.74, 6) is 0. The third-order valence-corrected chi connectivity index (χ3v) is 12.9. The molecule has 1 saturated heterocycles. The number of fused-ring (bicyclic) bond motifs is 2. The summed E-state index contributed by atoms with van der Waals surface area (Å²) in [6.07, 6.45) is 0. The zero-order valence-corrected chi connectivity index (χ0v) is 24.2. The van der Waals surface area contributed by atoms with Crippen molar-refractivity contribution in [3.63, 3.8) is 0 Å². The molecule has 0 unspecified atom stereocenters. The molecule has 0 atom stereocenters. The fraction of sp³-hybridized carbons (Fsp3) is 0.345. The third-order valence-electron chi connectivity index (χ3n) is 6.81. The van der Waals surface area contributed by atoms with Crippen LogP contribution in [-0.4, -0.2) is 35.8 Å². The van der Waals surface area contributed by atoms with Crippen LogP contribution in [0.2, 0.25) is 0 Å². The maximum atomic E-state index is 6.21. The van der Waals surface area contributed by atoms with E-state index in [0.717, 1.165) is 13.2 Å². The molecule has 33 heavy (non-hydrogen) atoms. The second-order valence-electron chi connectivity index (χ2n) is 10.3. The Morgan fingerprint density at radius 2 is 1.55 bits per heavy atom. The average Bonchev–Trinajstić information content (AvgIpc) is 3.29. The van der Waals surface area contributed by atoms with Crippen molar-refractivity contribution in [2.75, 3.05) is 13.2 Å². The van der Waals surface area contributed by atoms with Crippen LogP contribution in [0.5, 0.6) is 0 Å². The van der Waals surface area contributed by atoms with E-state index < -0.39 is 22.6 Å². The molecule has 1 aromatic heterocycles. The number of pyridine rings is 1. The number of aryl methyl sites for hydroxylation is 4. The molecule has 4 aromatic rings. The molecule has 1 aliphatic rings. The summed E-state index contributed by atoms with van der Waals surface area (Å²) in [5, 5.41) is 4.00. The van der Waals surface area contributed by atoms with Crippen LogP contribution in [0.4, 0.5) is 0 Å². The first kappa shape index (κ1) is 22.9. The predicted molar refractivity (Wildman–Crippen MR) is 138 cm³/mol. The number of rotatable bonds is 2. The van der Waals surface area contributed by atoms with Gasteiger partial charge in [0.2, 0.25) is 0 Å². The monoisotopic (exact) mass is 636 g/mol. The van der Waals surface area contributed by atoms with Crippen LogP contribution in [0.3, 0.4) is 0 Å². The van der Waals surface area contributed by atoms with E-state index in [1.165, 1.54) is 58.5 Å². The summed E-state index contributed by atoms with van der Waals surface area (Å²) >= 11 is -2.68. The molecule has 1 fully saturated rings. The van der Waals surface area contributed by atoms with Crippen molar-refractivity contribution < 1.29 is 10.2 Å². The van der Waals surface area contributed by atoms with Crippen LogP contribution >= 0.6 is 0 Å². The Morgan fingerprint density at radius 3 is 2.21 bits per heavy atom. The second-order valence-corrected chi connectivity index (χ2v) is 16.1. The molecule has 4 heteroatoms. The average molecular weight is 637 g/mol. The quantitative estimate of drug-likeness (QED) is 0.216. The number of hydrogen-bond acceptors (Lipinski definition) is 2. The molecule has 0 bridgehead atoms. The van der Waals surface area contributed by atoms with Gasteiger partial charge in [0.1, 0.15) is 0 Å². The van der Waals surface area contributed by atoms with Gasteiger partial charge in [-0.05, 0) is 0 Å². The van der Waals surface area contributed by atoms with E-state index >= 15 is 0 Å². The summed E-state index contributed by atoms with van der Waals surface area (Å²) in [6.45, 7) is 15.0. The van der Waals surface area contributed by atoms with Gasteiger partial charge in [-0.1, -0.05) is 0 Å². The molecule has 0 saturated carbocycles. The van der Waals surface area contributed by atoms with Gasteiger partial charge >= 0.3 is 207 Å². The Labute approximate surface area is 206 Å². The van der Waals surface area contributed by atoms with Gasteiger partial charge in [-0.2, -0.15) is 0 Å². The molecular weight excluding hydrogens is 603 g/mol. The van der Waals surface area contributed by atoms with Gasteiger partial charge in [0.05, 0.1) is 0 Å². The molecule has 2 heterocycles. The Hall–Kier alpha value is -1.87. The van der Waals surface area contributed by atoms with Crippen LogP contribution in [0.1, 0.15) is 43.0 Å². The fourth-order valence-electron chi connectivity index (χ4n) is 5.20. The SMILES string of the molecule is Cc1cc(C)c2[c]([Bi]3[O]CC[O]3)cc(-c3cc(C(C)(C)C)c4ccccc4c3C)[n+](C)c2c1. The summed E-state index contributed by atoms with van der Waals surface area (Å²) in [4.78, 5) is 0. The zero-order chi connectivity index (χ0) is 23.5. The van der Waals surface area contributed by atoms with Crippen LogP contribution < -0.4 is 7.84 Å². The van der Waals surface area contributed by atoms with Crippen LogP contribution in [0, 0.1) is 20.8 Å². The fourth-order valence-corrected chi connectivity index (χ4v) is 11.2. The van der Waals surface area contributed by atoms with E-state index in [1.807, 2.05) is 0 Å². The second kappa shape index (κ2) is 8.41. The van der Waals surface area contributed by atoms with E-state index in [1.54, 1.807) is 0 Å². The Morgan fingerprint density at radius 1 is 0.879 bits per heavy atom. The number of aromatic nitrogens is 1. The Bertz CT molecular complexity index is 1400. The zero-order valence-electron chi connectivity index (χ0n) is 20.7. The summed E-state index contributed by atoms with van der Waals surface area (Å²) in [6, 6.07) is 18.2. The van der Waals surface area contributed by atoms with Gasteiger partial charge in [-0.3, -0.25) is 0 Å². The molecule has 3 nitrogen and oxygen atoms in total. The van der Waals surface area contributed by atoms with Gasteiger partial charge in [-0.15, -0.1) is 0 Å². The van der Waals surface area contributed by atoms with Crippen LogP contribution in [0.25, 0.3) is 32.9 Å². The van der Waals surface area contributed by atoms with E-state index in [0.29, 0.717) is 0 Å². The van der Waals surface area contributed by atoms with Crippen LogP contribution in [-0.2, 0) is 18.1 Å². The minimum absolute atomic E-state index is 0.0456. The molecule has 5 rings (SSSR count). The molecule has 0 aliphatic carbocycles. The first-order valence-electron chi connectivity index (χ1n) is 11.7.